The highest BCUT2D eigenvalue weighted by atomic mass is 32.1. The number of benzene rings is 2. The molecule has 0 radical (unpaired) electrons. The van der Waals surface area contributed by atoms with Gasteiger partial charge >= 0.3 is 0 Å². The average Bonchev–Trinajstić information content (AvgIpc) is 3.44. The summed E-state index contributed by atoms with van der Waals surface area (Å²) in [5.41, 5.74) is 1.15. The highest BCUT2D eigenvalue weighted by Crippen LogP contribution is 2.31. The third kappa shape index (κ3) is 3.61. The number of thiazole rings is 1. The van der Waals surface area contributed by atoms with Crippen LogP contribution in [-0.2, 0) is 0 Å². The van der Waals surface area contributed by atoms with Gasteiger partial charge in [-0.05, 0) is 36.4 Å². The highest BCUT2D eigenvalue weighted by Gasteiger charge is 2.16. The molecule has 0 aliphatic rings. The van der Waals surface area contributed by atoms with E-state index in [0.717, 1.165) is 16.0 Å². The van der Waals surface area contributed by atoms with Crippen LogP contribution in [0.2, 0.25) is 0 Å². The molecule has 1 amide bonds. The Morgan fingerprint density at radius 1 is 1.03 bits per heavy atom. The monoisotopic (exact) mass is 414 g/mol. The van der Waals surface area contributed by atoms with Crippen LogP contribution in [0.3, 0.4) is 0 Å². The first-order chi connectivity index (χ1) is 14.8. The Labute approximate surface area is 174 Å². The summed E-state index contributed by atoms with van der Waals surface area (Å²) in [6.45, 7) is 0. The zero-order valence-electron chi connectivity index (χ0n) is 15.5. The van der Waals surface area contributed by atoms with E-state index in [9.17, 15) is 4.79 Å². The van der Waals surface area contributed by atoms with E-state index >= 15 is 0 Å². The van der Waals surface area contributed by atoms with Gasteiger partial charge in [0.25, 0.3) is 5.91 Å². The molecule has 0 aliphatic heterocycles. The first-order valence-electron chi connectivity index (χ1n) is 9.01. The highest BCUT2D eigenvalue weighted by molar-refractivity contribution is 7.22. The number of rotatable bonds is 5. The third-order valence-corrected chi connectivity index (χ3v) is 5.16. The number of pyridine rings is 1. The Morgan fingerprint density at radius 2 is 1.93 bits per heavy atom. The molecule has 5 rings (SSSR count). The first-order valence-corrected chi connectivity index (χ1v) is 9.83. The smallest absolute Gasteiger partial charge is 0.261 e. The van der Waals surface area contributed by atoms with Gasteiger partial charge in [0.15, 0.2) is 10.9 Å². The molecule has 0 atom stereocenters. The molecule has 0 unspecified atom stereocenters. The molecule has 8 nitrogen and oxygen atoms in total. The van der Waals surface area contributed by atoms with Crippen LogP contribution in [0.4, 0.5) is 5.13 Å². The molecule has 3 aromatic heterocycles. The zero-order chi connectivity index (χ0) is 20.3. The summed E-state index contributed by atoms with van der Waals surface area (Å²) in [7, 11) is 0. The number of nitrogens with zero attached hydrogens (tertiary/aromatic N) is 5. The normalized spacial score (nSPS) is 10.8. The van der Waals surface area contributed by atoms with Crippen LogP contribution in [0.1, 0.15) is 10.4 Å². The molecule has 2 aromatic carbocycles. The molecule has 9 heteroatoms. The van der Waals surface area contributed by atoms with Crippen molar-refractivity contribution in [1.29, 1.82) is 0 Å². The van der Waals surface area contributed by atoms with E-state index in [1.165, 1.54) is 28.7 Å². The molecular formula is C21H14N6O2S. The van der Waals surface area contributed by atoms with Crippen molar-refractivity contribution in [2.24, 2.45) is 0 Å². The van der Waals surface area contributed by atoms with E-state index in [2.05, 4.69) is 25.4 Å². The Morgan fingerprint density at radius 3 is 2.77 bits per heavy atom. The van der Waals surface area contributed by atoms with Gasteiger partial charge in [0, 0.05) is 12.3 Å². The largest absolute Gasteiger partial charge is 0.457 e. The molecule has 0 fully saturated rings. The van der Waals surface area contributed by atoms with Crippen molar-refractivity contribution < 1.29 is 9.53 Å². The quantitative estimate of drug-likeness (QED) is 0.460. The lowest BCUT2D eigenvalue weighted by atomic mass is 10.2. The molecule has 30 heavy (non-hydrogen) atoms. The van der Waals surface area contributed by atoms with Crippen LogP contribution in [-0.4, -0.2) is 30.6 Å². The van der Waals surface area contributed by atoms with Crippen molar-refractivity contribution in [2.45, 2.75) is 0 Å². The Bertz CT molecular complexity index is 1320. The lowest BCUT2D eigenvalue weighted by Gasteiger charge is -2.06. The number of aromatic nitrogens is 5. The van der Waals surface area contributed by atoms with E-state index in [4.69, 9.17) is 4.74 Å². The minimum atomic E-state index is -0.326. The number of hydrogen-bond acceptors (Lipinski definition) is 7. The second kappa shape index (κ2) is 7.72. The second-order valence-electron chi connectivity index (χ2n) is 6.23. The van der Waals surface area contributed by atoms with Gasteiger partial charge in [0.2, 0.25) is 0 Å². The number of carbonyl (C=O) groups excluding carboxylic acids is 1. The summed E-state index contributed by atoms with van der Waals surface area (Å²) in [5.74, 6) is 1.53. The average molecular weight is 414 g/mol. The van der Waals surface area contributed by atoms with Gasteiger partial charge in [-0.1, -0.05) is 29.5 Å². The molecule has 0 bridgehead atoms. The fraction of sp³-hybridized carbons (Fsp3) is 0. The van der Waals surface area contributed by atoms with E-state index in [-0.39, 0.29) is 5.91 Å². The SMILES string of the molecule is O=C(Nc1nc2ccc(Oc3ccccc3)cc2s1)c1cccnc1-n1cncn1. The Balaban J connectivity index is 1.39. The molecular weight excluding hydrogens is 400 g/mol. The third-order valence-electron chi connectivity index (χ3n) is 4.23. The minimum absolute atomic E-state index is 0.326. The van der Waals surface area contributed by atoms with Crippen molar-refractivity contribution in [3.05, 3.63) is 85.1 Å². The number of amides is 1. The lowest BCUT2D eigenvalue weighted by molar-refractivity contribution is 0.102. The van der Waals surface area contributed by atoms with Crippen LogP contribution in [0.15, 0.2) is 79.5 Å². The molecule has 0 aliphatic carbocycles. The number of fused-ring (bicyclic) bond motifs is 1. The molecule has 5 aromatic rings. The maximum Gasteiger partial charge on any atom is 0.261 e. The van der Waals surface area contributed by atoms with Gasteiger partial charge < -0.3 is 4.74 Å². The summed E-state index contributed by atoms with van der Waals surface area (Å²) < 4.78 is 8.22. The second-order valence-corrected chi connectivity index (χ2v) is 7.26. The summed E-state index contributed by atoms with van der Waals surface area (Å²) >= 11 is 1.37. The zero-order valence-corrected chi connectivity index (χ0v) is 16.3. The number of carbonyl (C=O) groups is 1. The van der Waals surface area contributed by atoms with Crippen molar-refractivity contribution in [3.63, 3.8) is 0 Å². The summed E-state index contributed by atoms with van der Waals surface area (Å²) in [6.07, 6.45) is 4.48. The Kier molecular flexibility index (Phi) is 4.62. The number of hydrogen-bond donors (Lipinski definition) is 1. The van der Waals surface area contributed by atoms with Crippen LogP contribution >= 0.6 is 11.3 Å². The molecule has 0 saturated carbocycles. The van der Waals surface area contributed by atoms with Crippen molar-refractivity contribution in [1.82, 2.24) is 24.7 Å². The fourth-order valence-electron chi connectivity index (χ4n) is 2.89. The topological polar surface area (TPSA) is 94.8 Å². The van der Waals surface area contributed by atoms with Crippen LogP contribution in [0.5, 0.6) is 11.5 Å². The summed E-state index contributed by atoms with van der Waals surface area (Å²) in [5, 5.41) is 7.38. The van der Waals surface area contributed by atoms with Gasteiger partial charge in [-0.2, -0.15) is 5.10 Å². The Hall–Kier alpha value is -4.11. The fourth-order valence-corrected chi connectivity index (χ4v) is 3.77. The maximum absolute atomic E-state index is 12.8. The van der Waals surface area contributed by atoms with Gasteiger partial charge in [-0.25, -0.2) is 19.6 Å². The van der Waals surface area contributed by atoms with Gasteiger partial charge in [-0.15, -0.1) is 0 Å². The van der Waals surface area contributed by atoms with Crippen molar-refractivity contribution in [3.8, 4) is 17.3 Å². The van der Waals surface area contributed by atoms with Gasteiger partial charge in [0.1, 0.15) is 24.2 Å². The molecule has 0 spiro atoms. The number of para-hydroxylation sites is 1. The van der Waals surface area contributed by atoms with Crippen LogP contribution in [0.25, 0.3) is 16.0 Å². The summed E-state index contributed by atoms with van der Waals surface area (Å²) in [4.78, 5) is 25.5. The number of nitrogens with one attached hydrogen (secondary N) is 1. The first kappa shape index (κ1) is 18.0. The lowest BCUT2D eigenvalue weighted by Crippen LogP contribution is -2.16. The standard InChI is InChI=1S/C21H14N6O2S/c28-20(16-7-4-10-23-19(16)27-13-22-12-24-27)26-21-25-17-9-8-15(11-18(17)30-21)29-14-5-2-1-3-6-14/h1-13H,(H,25,26,28). The van der Waals surface area contributed by atoms with Crippen LogP contribution < -0.4 is 10.1 Å². The number of ether oxygens (including phenoxy) is 1. The number of anilines is 1. The van der Waals surface area contributed by atoms with Crippen LogP contribution in [0, 0.1) is 0 Å². The molecule has 146 valence electrons. The van der Waals surface area contributed by atoms with E-state index in [1.54, 1.807) is 18.3 Å². The van der Waals surface area contributed by atoms with Gasteiger partial charge in [-0.3, -0.25) is 10.1 Å². The molecule has 0 saturated heterocycles. The van der Waals surface area contributed by atoms with E-state index in [0.29, 0.717) is 22.3 Å². The molecule has 1 N–H and O–H groups in total. The van der Waals surface area contributed by atoms with Crippen molar-refractivity contribution in [2.75, 3.05) is 5.32 Å². The summed E-state index contributed by atoms with van der Waals surface area (Å²) in [6, 6.07) is 18.5. The van der Waals surface area contributed by atoms with E-state index < -0.39 is 0 Å². The minimum Gasteiger partial charge on any atom is -0.457 e. The van der Waals surface area contributed by atoms with E-state index in [1.807, 2.05) is 48.5 Å². The predicted octanol–water partition coefficient (Wildman–Crippen LogP) is 4.32. The van der Waals surface area contributed by atoms with Gasteiger partial charge in [0.05, 0.1) is 15.8 Å². The maximum atomic E-state index is 12.8. The predicted molar refractivity (Wildman–Crippen MR) is 113 cm³/mol. The van der Waals surface area contributed by atoms with Crippen molar-refractivity contribution >= 4 is 32.6 Å². The molecule has 3 heterocycles.